The van der Waals surface area contributed by atoms with Crippen LogP contribution in [-0.4, -0.2) is 40.4 Å². The number of carbonyl (C=O) groups is 1. The van der Waals surface area contributed by atoms with Gasteiger partial charge in [-0.3, -0.25) is 0 Å². The van der Waals surface area contributed by atoms with E-state index in [-0.39, 0.29) is 5.56 Å². The van der Waals surface area contributed by atoms with Crippen LogP contribution in [0.15, 0.2) is 12.1 Å². The van der Waals surface area contributed by atoms with Crippen LogP contribution in [0.3, 0.4) is 0 Å². The lowest BCUT2D eigenvalue weighted by Gasteiger charge is -2.29. The van der Waals surface area contributed by atoms with Gasteiger partial charge in [0, 0.05) is 13.6 Å². The standard InChI is InChI=1S/C14H20N2O3/c1-10-11(13(17)18)5-6-12(15-10)16(2)9-14(19)7-3-4-8-14/h5-6,19H,3-4,7-9H2,1-2H3,(H,17,18). The number of aromatic nitrogens is 1. The fourth-order valence-corrected chi connectivity index (χ4v) is 2.70. The van der Waals surface area contributed by atoms with Crippen molar-refractivity contribution in [3.8, 4) is 0 Å². The van der Waals surface area contributed by atoms with Gasteiger partial charge in [0.25, 0.3) is 0 Å². The molecular formula is C14H20N2O3. The molecule has 2 N–H and O–H groups in total. The van der Waals surface area contributed by atoms with Crippen molar-refractivity contribution in [2.24, 2.45) is 0 Å². The van der Waals surface area contributed by atoms with Crippen LogP contribution < -0.4 is 4.90 Å². The number of nitrogens with zero attached hydrogens (tertiary/aromatic N) is 2. The van der Waals surface area contributed by atoms with Crippen LogP contribution in [0.2, 0.25) is 0 Å². The highest BCUT2D eigenvalue weighted by Crippen LogP contribution is 2.30. The summed E-state index contributed by atoms with van der Waals surface area (Å²) in [4.78, 5) is 17.1. The first-order valence-corrected chi connectivity index (χ1v) is 6.56. The Hall–Kier alpha value is -1.62. The first-order valence-electron chi connectivity index (χ1n) is 6.56. The van der Waals surface area contributed by atoms with E-state index in [2.05, 4.69) is 4.98 Å². The molecule has 1 aromatic heterocycles. The van der Waals surface area contributed by atoms with E-state index in [1.54, 1.807) is 19.1 Å². The Morgan fingerprint density at radius 3 is 2.58 bits per heavy atom. The number of hydrogen-bond acceptors (Lipinski definition) is 4. The van der Waals surface area contributed by atoms with Crippen LogP contribution in [0.25, 0.3) is 0 Å². The van der Waals surface area contributed by atoms with Crippen LogP contribution in [0.5, 0.6) is 0 Å². The van der Waals surface area contributed by atoms with Gasteiger partial charge in [-0.2, -0.15) is 0 Å². The lowest BCUT2D eigenvalue weighted by atomic mass is 10.0. The molecule has 0 saturated heterocycles. The summed E-state index contributed by atoms with van der Waals surface area (Å²) in [6.45, 7) is 2.22. The number of aliphatic hydroxyl groups is 1. The smallest absolute Gasteiger partial charge is 0.337 e. The zero-order valence-corrected chi connectivity index (χ0v) is 11.4. The van der Waals surface area contributed by atoms with Gasteiger partial charge in [-0.05, 0) is 31.9 Å². The van der Waals surface area contributed by atoms with Crippen LogP contribution >= 0.6 is 0 Å². The van der Waals surface area contributed by atoms with E-state index < -0.39 is 11.6 Å². The fourth-order valence-electron chi connectivity index (χ4n) is 2.70. The van der Waals surface area contributed by atoms with Gasteiger partial charge in [0.1, 0.15) is 5.82 Å². The summed E-state index contributed by atoms with van der Waals surface area (Å²) in [7, 11) is 1.87. The maximum absolute atomic E-state index is 10.9. The molecule has 19 heavy (non-hydrogen) atoms. The summed E-state index contributed by atoms with van der Waals surface area (Å²) >= 11 is 0. The molecule has 0 unspecified atom stereocenters. The maximum Gasteiger partial charge on any atom is 0.337 e. The first-order chi connectivity index (χ1) is 8.91. The molecule has 5 heteroatoms. The Morgan fingerprint density at radius 1 is 1.42 bits per heavy atom. The number of anilines is 1. The Kier molecular flexibility index (Phi) is 3.75. The Morgan fingerprint density at radius 2 is 2.05 bits per heavy atom. The fraction of sp³-hybridized carbons (Fsp3) is 0.571. The lowest BCUT2D eigenvalue weighted by molar-refractivity contribution is 0.0557. The summed E-state index contributed by atoms with van der Waals surface area (Å²) in [6.07, 6.45) is 3.77. The van der Waals surface area contributed by atoms with Crippen LogP contribution in [0.1, 0.15) is 41.7 Å². The lowest BCUT2D eigenvalue weighted by Crippen LogP contribution is -2.39. The highest BCUT2D eigenvalue weighted by Gasteiger charge is 2.32. The number of hydrogen-bond donors (Lipinski definition) is 2. The highest BCUT2D eigenvalue weighted by atomic mass is 16.4. The van der Waals surface area contributed by atoms with Crippen molar-refractivity contribution in [1.29, 1.82) is 0 Å². The topological polar surface area (TPSA) is 73.7 Å². The van der Waals surface area contributed by atoms with E-state index in [1.165, 1.54) is 0 Å². The van der Waals surface area contributed by atoms with Crippen LogP contribution in [-0.2, 0) is 0 Å². The minimum absolute atomic E-state index is 0.219. The molecule has 0 spiro atoms. The molecular weight excluding hydrogens is 244 g/mol. The molecule has 0 aliphatic heterocycles. The van der Waals surface area contributed by atoms with Crippen molar-refractivity contribution in [2.45, 2.75) is 38.2 Å². The molecule has 1 aliphatic carbocycles. The van der Waals surface area contributed by atoms with Gasteiger partial charge in [-0.1, -0.05) is 12.8 Å². The number of likely N-dealkylation sites (N-methyl/N-ethyl adjacent to an activating group) is 1. The Bertz CT molecular complexity index is 482. The van der Waals surface area contributed by atoms with Gasteiger partial charge >= 0.3 is 5.97 Å². The van der Waals surface area contributed by atoms with E-state index in [4.69, 9.17) is 5.11 Å². The molecule has 0 radical (unpaired) electrons. The molecule has 1 fully saturated rings. The predicted molar refractivity (Wildman–Crippen MR) is 72.6 cm³/mol. The molecule has 0 amide bonds. The largest absolute Gasteiger partial charge is 0.478 e. The van der Waals surface area contributed by atoms with Crippen molar-refractivity contribution in [3.05, 3.63) is 23.4 Å². The molecule has 1 saturated carbocycles. The zero-order valence-electron chi connectivity index (χ0n) is 11.4. The first kappa shape index (κ1) is 13.8. The van der Waals surface area contributed by atoms with E-state index >= 15 is 0 Å². The van der Waals surface area contributed by atoms with Crippen molar-refractivity contribution >= 4 is 11.8 Å². The van der Waals surface area contributed by atoms with Gasteiger partial charge in [0.15, 0.2) is 0 Å². The number of aryl methyl sites for hydroxylation is 1. The van der Waals surface area contributed by atoms with Gasteiger partial charge in [0.2, 0.25) is 0 Å². The molecule has 104 valence electrons. The normalized spacial score (nSPS) is 17.4. The minimum atomic E-state index is -0.964. The monoisotopic (exact) mass is 264 g/mol. The van der Waals surface area contributed by atoms with Gasteiger partial charge in [0.05, 0.1) is 16.9 Å². The van der Waals surface area contributed by atoms with Crippen LogP contribution in [0, 0.1) is 6.92 Å². The van der Waals surface area contributed by atoms with Gasteiger partial charge < -0.3 is 15.1 Å². The third kappa shape index (κ3) is 3.04. The number of carboxylic acids is 1. The second-order valence-electron chi connectivity index (χ2n) is 5.40. The second kappa shape index (κ2) is 5.17. The molecule has 1 aromatic rings. The molecule has 0 aromatic carbocycles. The van der Waals surface area contributed by atoms with Gasteiger partial charge in [-0.25, -0.2) is 9.78 Å². The second-order valence-corrected chi connectivity index (χ2v) is 5.40. The van der Waals surface area contributed by atoms with E-state index in [9.17, 15) is 9.90 Å². The van der Waals surface area contributed by atoms with Crippen molar-refractivity contribution < 1.29 is 15.0 Å². The van der Waals surface area contributed by atoms with Crippen molar-refractivity contribution in [2.75, 3.05) is 18.5 Å². The quantitative estimate of drug-likeness (QED) is 0.868. The summed E-state index contributed by atoms with van der Waals surface area (Å²) in [5, 5.41) is 19.3. The minimum Gasteiger partial charge on any atom is -0.478 e. The molecule has 1 aliphatic rings. The molecule has 0 atom stereocenters. The summed E-state index contributed by atoms with van der Waals surface area (Å²) in [5.41, 5.74) is 0.0856. The predicted octanol–water partition coefficient (Wildman–Crippen LogP) is 1.83. The molecule has 5 nitrogen and oxygen atoms in total. The summed E-state index contributed by atoms with van der Waals surface area (Å²) < 4.78 is 0. The number of carboxylic acid groups (broad SMARTS) is 1. The van der Waals surface area contributed by atoms with E-state index in [1.807, 2.05) is 11.9 Å². The third-order valence-electron chi connectivity index (χ3n) is 3.76. The highest BCUT2D eigenvalue weighted by molar-refractivity contribution is 5.89. The number of rotatable bonds is 4. The van der Waals surface area contributed by atoms with Crippen LogP contribution in [0.4, 0.5) is 5.82 Å². The average Bonchev–Trinajstić information content (AvgIpc) is 2.75. The maximum atomic E-state index is 10.9. The summed E-state index contributed by atoms with van der Waals surface area (Å²) in [6, 6.07) is 3.25. The molecule has 2 rings (SSSR count). The molecule has 0 bridgehead atoms. The Balaban J connectivity index is 2.13. The average molecular weight is 264 g/mol. The van der Waals surface area contributed by atoms with E-state index in [0.29, 0.717) is 18.1 Å². The van der Waals surface area contributed by atoms with E-state index in [0.717, 1.165) is 25.7 Å². The number of pyridine rings is 1. The molecule has 1 heterocycles. The third-order valence-corrected chi connectivity index (χ3v) is 3.76. The summed E-state index contributed by atoms with van der Waals surface area (Å²) in [5.74, 6) is -0.267. The zero-order chi connectivity index (χ0) is 14.0. The van der Waals surface area contributed by atoms with Crippen molar-refractivity contribution in [3.63, 3.8) is 0 Å². The Labute approximate surface area is 112 Å². The number of aromatic carboxylic acids is 1. The van der Waals surface area contributed by atoms with Crippen molar-refractivity contribution in [1.82, 2.24) is 4.98 Å². The van der Waals surface area contributed by atoms with Gasteiger partial charge in [-0.15, -0.1) is 0 Å². The SMILES string of the molecule is Cc1nc(N(C)CC2(O)CCCC2)ccc1C(=O)O.